The number of sulfonamides is 1. The molecule has 0 radical (unpaired) electrons. The first-order valence-electron chi connectivity index (χ1n) is 7.02. The van der Waals surface area contributed by atoms with Gasteiger partial charge in [0.2, 0.25) is 0 Å². The Morgan fingerprint density at radius 2 is 1.88 bits per heavy atom. The second-order valence-electron chi connectivity index (χ2n) is 4.93. The highest BCUT2D eigenvalue weighted by atomic mass is 32.2. The molecule has 1 amide bonds. The van der Waals surface area contributed by atoms with Gasteiger partial charge in [0.05, 0.1) is 18.6 Å². The highest BCUT2D eigenvalue weighted by molar-refractivity contribution is 7.89. The molecule has 0 unspecified atom stereocenters. The highest BCUT2D eigenvalue weighted by Crippen LogP contribution is 2.17. The number of hydrogen-bond donors (Lipinski definition) is 2. The molecule has 0 aliphatic carbocycles. The normalized spacial score (nSPS) is 11.5. The fraction of sp³-hybridized carbons (Fsp3) is 0.188. The van der Waals surface area contributed by atoms with Crippen molar-refractivity contribution in [3.63, 3.8) is 0 Å². The molecular formula is C16H18N2O5S. The summed E-state index contributed by atoms with van der Waals surface area (Å²) in [5.41, 5.74) is 1.53. The van der Waals surface area contributed by atoms with Crippen LogP contribution < -0.4 is 5.32 Å². The van der Waals surface area contributed by atoms with Gasteiger partial charge in [-0.2, -0.15) is 0 Å². The summed E-state index contributed by atoms with van der Waals surface area (Å²) in [6, 6.07) is 12.3. The molecule has 2 aromatic carbocycles. The van der Waals surface area contributed by atoms with E-state index < -0.39 is 10.0 Å². The van der Waals surface area contributed by atoms with Crippen LogP contribution >= 0.6 is 0 Å². The Bertz CT molecular complexity index is 819. The summed E-state index contributed by atoms with van der Waals surface area (Å²) in [6.45, 7) is -0.122. The molecule has 24 heavy (non-hydrogen) atoms. The predicted molar refractivity (Wildman–Crippen MR) is 88.7 cm³/mol. The number of amides is 1. The van der Waals surface area contributed by atoms with Crippen molar-refractivity contribution in [1.29, 1.82) is 0 Å². The molecule has 2 aromatic rings. The molecule has 0 spiro atoms. The molecule has 2 rings (SSSR count). The molecule has 0 bridgehead atoms. The maximum atomic E-state index is 12.2. The minimum Gasteiger partial charge on any atom is -0.392 e. The average molecular weight is 350 g/mol. The van der Waals surface area contributed by atoms with E-state index in [4.69, 9.17) is 9.94 Å². The Morgan fingerprint density at radius 3 is 2.46 bits per heavy atom. The first-order chi connectivity index (χ1) is 11.4. The third-order valence-corrected chi connectivity index (χ3v) is 5.07. The van der Waals surface area contributed by atoms with Crippen LogP contribution in [0, 0.1) is 0 Å². The maximum Gasteiger partial charge on any atom is 0.264 e. The number of aliphatic hydroxyl groups is 1. The van der Waals surface area contributed by atoms with E-state index in [-0.39, 0.29) is 17.4 Å². The van der Waals surface area contributed by atoms with Crippen molar-refractivity contribution in [2.24, 2.45) is 0 Å². The number of aliphatic hydroxyl groups excluding tert-OH is 1. The number of hydrogen-bond acceptors (Lipinski definition) is 5. The second kappa shape index (κ2) is 7.54. The molecular weight excluding hydrogens is 332 g/mol. The number of carbonyl (C=O) groups is 1. The molecule has 7 nitrogen and oxygen atoms in total. The molecule has 0 aliphatic rings. The quantitative estimate of drug-likeness (QED) is 0.772. The van der Waals surface area contributed by atoms with Crippen molar-refractivity contribution in [2.45, 2.75) is 11.5 Å². The number of carbonyl (C=O) groups excluding carboxylic acids is 1. The molecule has 128 valence electrons. The number of benzene rings is 2. The van der Waals surface area contributed by atoms with Crippen molar-refractivity contribution >= 4 is 21.6 Å². The van der Waals surface area contributed by atoms with Crippen LogP contribution in [0.5, 0.6) is 0 Å². The highest BCUT2D eigenvalue weighted by Gasteiger charge is 2.20. The summed E-state index contributed by atoms with van der Waals surface area (Å²) in [7, 11) is -1.22. The lowest BCUT2D eigenvalue weighted by molar-refractivity contribution is -0.0258. The number of anilines is 1. The van der Waals surface area contributed by atoms with E-state index in [1.807, 2.05) is 0 Å². The van der Waals surface area contributed by atoms with Crippen LogP contribution in [0.15, 0.2) is 53.4 Å². The van der Waals surface area contributed by atoms with E-state index in [0.29, 0.717) is 16.8 Å². The lowest BCUT2D eigenvalue weighted by Crippen LogP contribution is -2.25. The van der Waals surface area contributed by atoms with Gasteiger partial charge in [-0.15, -0.1) is 0 Å². The monoisotopic (exact) mass is 350 g/mol. The average Bonchev–Trinajstić information content (AvgIpc) is 2.61. The molecule has 0 aliphatic heterocycles. The van der Waals surface area contributed by atoms with E-state index in [2.05, 4.69) is 5.32 Å². The van der Waals surface area contributed by atoms with Gasteiger partial charge in [0.25, 0.3) is 15.9 Å². The van der Waals surface area contributed by atoms with E-state index in [1.54, 1.807) is 24.3 Å². The third-order valence-electron chi connectivity index (χ3n) is 3.38. The van der Waals surface area contributed by atoms with Gasteiger partial charge in [-0.3, -0.25) is 9.63 Å². The van der Waals surface area contributed by atoms with Crippen LogP contribution in [0.2, 0.25) is 0 Å². The summed E-state index contributed by atoms with van der Waals surface area (Å²) >= 11 is 0. The topological polar surface area (TPSA) is 95.9 Å². The largest absolute Gasteiger partial charge is 0.392 e. The predicted octanol–water partition coefficient (Wildman–Crippen LogP) is 1.61. The lowest BCUT2D eigenvalue weighted by atomic mass is 10.2. The summed E-state index contributed by atoms with van der Waals surface area (Å²) < 4.78 is 24.9. The van der Waals surface area contributed by atoms with Crippen LogP contribution in [-0.2, 0) is 21.5 Å². The zero-order valence-electron chi connectivity index (χ0n) is 13.3. The van der Waals surface area contributed by atoms with Gasteiger partial charge in [-0.05, 0) is 42.0 Å². The molecule has 8 heteroatoms. The Labute approximate surface area is 140 Å². The van der Waals surface area contributed by atoms with Crippen LogP contribution in [-0.4, -0.2) is 38.1 Å². The van der Waals surface area contributed by atoms with Gasteiger partial charge < -0.3 is 10.4 Å². The molecule has 0 saturated carbocycles. The van der Waals surface area contributed by atoms with Gasteiger partial charge in [-0.1, -0.05) is 16.6 Å². The van der Waals surface area contributed by atoms with E-state index in [1.165, 1.54) is 38.4 Å². The fourth-order valence-corrected chi connectivity index (χ4v) is 2.95. The molecule has 0 saturated heterocycles. The Kier molecular flexibility index (Phi) is 5.68. The molecule has 0 fully saturated rings. The first-order valence-corrected chi connectivity index (χ1v) is 8.46. The zero-order chi connectivity index (χ0) is 17.7. The minimum atomic E-state index is -3.75. The van der Waals surface area contributed by atoms with Crippen LogP contribution in [0.25, 0.3) is 0 Å². The van der Waals surface area contributed by atoms with Gasteiger partial charge in [0.15, 0.2) is 0 Å². The third kappa shape index (κ3) is 3.98. The van der Waals surface area contributed by atoms with Gasteiger partial charge >= 0.3 is 0 Å². The first kappa shape index (κ1) is 18.1. The second-order valence-corrected chi connectivity index (χ2v) is 6.87. The summed E-state index contributed by atoms with van der Waals surface area (Å²) in [5.74, 6) is -0.380. The minimum absolute atomic E-state index is 0.0191. The van der Waals surface area contributed by atoms with Crippen molar-refractivity contribution in [1.82, 2.24) is 4.47 Å². The summed E-state index contributed by atoms with van der Waals surface area (Å²) in [5, 5.41) is 11.8. The van der Waals surface area contributed by atoms with Gasteiger partial charge in [0, 0.05) is 18.3 Å². The smallest absolute Gasteiger partial charge is 0.264 e. The Hall–Kier alpha value is -2.26. The van der Waals surface area contributed by atoms with Crippen LogP contribution in [0.1, 0.15) is 15.9 Å². The summed E-state index contributed by atoms with van der Waals surface area (Å²) in [6.07, 6.45) is 0. The zero-order valence-corrected chi connectivity index (χ0v) is 14.1. The van der Waals surface area contributed by atoms with Crippen molar-refractivity contribution < 1.29 is 23.2 Å². The Balaban J connectivity index is 2.17. The van der Waals surface area contributed by atoms with Crippen molar-refractivity contribution in [2.75, 3.05) is 19.5 Å². The number of rotatable bonds is 6. The molecule has 2 N–H and O–H groups in total. The Morgan fingerprint density at radius 1 is 1.21 bits per heavy atom. The lowest BCUT2D eigenvalue weighted by Gasteiger charge is -2.14. The SMILES string of the molecule is CON(C)S(=O)(=O)c1ccc(C(=O)Nc2cccc(CO)c2)cc1. The molecule has 0 aromatic heterocycles. The van der Waals surface area contributed by atoms with E-state index in [9.17, 15) is 13.2 Å². The molecule has 0 atom stereocenters. The molecule has 0 heterocycles. The van der Waals surface area contributed by atoms with Crippen LogP contribution in [0.3, 0.4) is 0 Å². The van der Waals surface area contributed by atoms with Crippen molar-refractivity contribution in [3.8, 4) is 0 Å². The fourth-order valence-electron chi connectivity index (χ4n) is 1.98. The van der Waals surface area contributed by atoms with Crippen molar-refractivity contribution in [3.05, 3.63) is 59.7 Å². The number of nitrogens with one attached hydrogen (secondary N) is 1. The standard InChI is InChI=1S/C16H18N2O5S/c1-18(23-2)24(21,22)15-8-6-13(7-9-15)16(20)17-14-5-3-4-12(10-14)11-19/h3-10,19H,11H2,1-2H3,(H,17,20). The number of nitrogens with zero attached hydrogens (tertiary/aromatic N) is 1. The van der Waals surface area contributed by atoms with E-state index >= 15 is 0 Å². The maximum absolute atomic E-state index is 12.2. The summed E-state index contributed by atoms with van der Waals surface area (Å²) in [4.78, 5) is 16.9. The van der Waals surface area contributed by atoms with Gasteiger partial charge in [-0.25, -0.2) is 8.42 Å². The van der Waals surface area contributed by atoms with Crippen LogP contribution in [0.4, 0.5) is 5.69 Å². The van der Waals surface area contributed by atoms with Gasteiger partial charge in [0.1, 0.15) is 0 Å². The number of hydroxylamine groups is 1. The van der Waals surface area contributed by atoms with E-state index in [0.717, 1.165) is 4.47 Å².